The number of hydrogen-bond donors (Lipinski definition) is 0. The van der Waals surface area contributed by atoms with Gasteiger partial charge in [-0.25, -0.2) is 4.79 Å². The molecule has 1 saturated heterocycles. The van der Waals surface area contributed by atoms with E-state index in [0.29, 0.717) is 38.2 Å². The van der Waals surface area contributed by atoms with Crippen molar-refractivity contribution in [2.24, 2.45) is 5.92 Å². The number of nitrogens with zero attached hydrogens (tertiary/aromatic N) is 1. The van der Waals surface area contributed by atoms with Crippen LogP contribution in [0.2, 0.25) is 0 Å². The summed E-state index contributed by atoms with van der Waals surface area (Å²) in [7, 11) is 0. The number of benzene rings is 2. The Morgan fingerprint density at radius 1 is 1.05 bits per heavy atom. The highest BCUT2D eigenvalue weighted by atomic mass is 16.6. The minimum atomic E-state index is -0.683. The summed E-state index contributed by atoms with van der Waals surface area (Å²) < 4.78 is 16.7. The minimum absolute atomic E-state index is 0.0215. The van der Waals surface area contributed by atoms with E-state index in [1.807, 2.05) is 54.6 Å². The monoisotopic (exact) mass is 507 g/mol. The minimum Gasteiger partial charge on any atom is -0.490 e. The number of ether oxygens (including phenoxy) is 3. The maximum Gasteiger partial charge on any atom is 0.410 e. The van der Waals surface area contributed by atoms with Gasteiger partial charge in [-0.1, -0.05) is 55.1 Å². The highest BCUT2D eigenvalue weighted by Gasteiger charge is 2.38. The molecule has 0 unspecified atom stereocenters. The molecule has 37 heavy (non-hydrogen) atoms. The van der Waals surface area contributed by atoms with Gasteiger partial charge >= 0.3 is 12.1 Å². The summed E-state index contributed by atoms with van der Waals surface area (Å²) in [5.74, 6) is -0.582. The molecule has 2 atom stereocenters. The van der Waals surface area contributed by atoms with Crippen LogP contribution in [-0.2, 0) is 32.1 Å². The lowest BCUT2D eigenvalue weighted by atomic mass is 9.91. The van der Waals surface area contributed by atoms with Crippen LogP contribution in [-0.4, -0.2) is 47.5 Å². The Morgan fingerprint density at radius 3 is 2.41 bits per heavy atom. The van der Waals surface area contributed by atoms with Crippen molar-refractivity contribution >= 4 is 17.8 Å². The lowest BCUT2D eigenvalue weighted by Crippen LogP contribution is -2.44. The van der Waals surface area contributed by atoms with Crippen LogP contribution in [0.15, 0.2) is 67.3 Å². The molecule has 7 nitrogen and oxygen atoms in total. The van der Waals surface area contributed by atoms with Crippen molar-refractivity contribution in [3.63, 3.8) is 0 Å². The second-order valence-electron chi connectivity index (χ2n) is 10.2. The Balaban J connectivity index is 1.72. The fraction of sp³-hybridized carbons (Fsp3) is 0.433. The normalized spacial score (nSPS) is 16.1. The predicted molar refractivity (Wildman–Crippen MR) is 141 cm³/mol. The zero-order chi connectivity index (χ0) is 26.8. The van der Waals surface area contributed by atoms with E-state index in [-0.39, 0.29) is 18.8 Å². The number of carbonyl (C=O) groups is 3. The molecule has 0 saturated carbocycles. The van der Waals surface area contributed by atoms with Gasteiger partial charge in [-0.05, 0) is 63.3 Å². The number of likely N-dealkylation sites (tertiary alicyclic amines) is 1. The third-order valence-electron chi connectivity index (χ3n) is 6.03. The number of esters is 1. The van der Waals surface area contributed by atoms with E-state index in [0.717, 1.165) is 11.1 Å². The van der Waals surface area contributed by atoms with E-state index < -0.39 is 29.6 Å². The second-order valence-corrected chi connectivity index (χ2v) is 10.2. The molecule has 2 aromatic carbocycles. The Morgan fingerprint density at radius 2 is 1.76 bits per heavy atom. The number of carbonyl (C=O) groups excluding carboxylic acids is 3. The Kier molecular flexibility index (Phi) is 9.89. The predicted octanol–water partition coefficient (Wildman–Crippen LogP) is 5.51. The van der Waals surface area contributed by atoms with Gasteiger partial charge in [0.1, 0.15) is 24.6 Å². The Bertz CT molecular complexity index is 1060. The lowest BCUT2D eigenvalue weighted by Gasteiger charge is -2.28. The number of hydrogen-bond acceptors (Lipinski definition) is 6. The van der Waals surface area contributed by atoms with Gasteiger partial charge in [-0.2, -0.15) is 0 Å². The fourth-order valence-electron chi connectivity index (χ4n) is 4.27. The molecule has 0 aliphatic carbocycles. The van der Waals surface area contributed by atoms with Gasteiger partial charge in [0.15, 0.2) is 5.78 Å². The highest BCUT2D eigenvalue weighted by molar-refractivity contribution is 5.91. The fourth-order valence-corrected chi connectivity index (χ4v) is 4.27. The van der Waals surface area contributed by atoms with Gasteiger partial charge in [0, 0.05) is 13.0 Å². The molecule has 1 heterocycles. The van der Waals surface area contributed by atoms with Crippen molar-refractivity contribution in [3.05, 3.63) is 78.4 Å². The third kappa shape index (κ3) is 8.77. The van der Waals surface area contributed by atoms with Crippen LogP contribution in [0.3, 0.4) is 0 Å². The topological polar surface area (TPSA) is 82.1 Å². The van der Waals surface area contributed by atoms with E-state index in [4.69, 9.17) is 14.2 Å². The molecule has 198 valence electrons. The molecule has 2 aromatic rings. The number of Topliss-reactive ketones (excluding diaryl/α,β-unsaturated/α-hetero) is 1. The first-order valence-electron chi connectivity index (χ1n) is 12.7. The van der Waals surface area contributed by atoms with Gasteiger partial charge in [0.05, 0.1) is 12.0 Å². The number of ketones is 1. The smallest absolute Gasteiger partial charge is 0.410 e. The highest BCUT2D eigenvalue weighted by Crippen LogP contribution is 2.26. The maximum atomic E-state index is 13.4. The molecule has 1 aliphatic heterocycles. The molecule has 3 rings (SSSR count). The summed E-state index contributed by atoms with van der Waals surface area (Å²) in [5, 5.41) is 0. The van der Waals surface area contributed by atoms with Crippen molar-refractivity contribution in [1.29, 1.82) is 0 Å². The van der Waals surface area contributed by atoms with Crippen LogP contribution in [0, 0.1) is 5.92 Å². The van der Waals surface area contributed by atoms with Gasteiger partial charge in [-0.15, -0.1) is 0 Å². The summed E-state index contributed by atoms with van der Waals surface area (Å²) in [6.45, 7) is 10.0. The quantitative estimate of drug-likeness (QED) is 0.295. The molecule has 0 radical (unpaired) electrons. The molecule has 0 spiro atoms. The second kappa shape index (κ2) is 13.1. The molecule has 0 bridgehead atoms. The zero-order valence-corrected chi connectivity index (χ0v) is 22.0. The number of amides is 1. The molecule has 1 amide bonds. The van der Waals surface area contributed by atoms with Gasteiger partial charge < -0.3 is 14.2 Å². The first-order chi connectivity index (χ1) is 17.7. The Hall–Kier alpha value is -3.61. The molecule has 0 N–H and O–H groups in total. The molecule has 1 aliphatic rings. The summed E-state index contributed by atoms with van der Waals surface area (Å²) in [5.41, 5.74) is 1.10. The summed E-state index contributed by atoms with van der Waals surface area (Å²) in [6, 6.07) is 16.2. The van der Waals surface area contributed by atoms with Crippen molar-refractivity contribution < 1.29 is 28.6 Å². The molecule has 1 fully saturated rings. The van der Waals surface area contributed by atoms with E-state index in [1.165, 1.54) is 4.90 Å². The average molecular weight is 508 g/mol. The summed E-state index contributed by atoms with van der Waals surface area (Å²) in [6.07, 6.45) is 2.75. The van der Waals surface area contributed by atoms with Crippen molar-refractivity contribution in [2.45, 2.75) is 64.7 Å². The first-order valence-corrected chi connectivity index (χ1v) is 12.7. The van der Waals surface area contributed by atoms with Crippen LogP contribution in [0.4, 0.5) is 4.79 Å². The average Bonchev–Trinajstić information content (AvgIpc) is 3.37. The van der Waals surface area contributed by atoms with E-state index >= 15 is 0 Å². The van der Waals surface area contributed by atoms with E-state index in [9.17, 15) is 14.4 Å². The maximum absolute atomic E-state index is 13.4. The largest absolute Gasteiger partial charge is 0.490 e. The molecular formula is C30H37NO6. The van der Waals surface area contributed by atoms with E-state index in [1.54, 1.807) is 26.8 Å². The molecule has 0 aromatic heterocycles. The van der Waals surface area contributed by atoms with Gasteiger partial charge in [0.25, 0.3) is 0 Å². The summed E-state index contributed by atoms with van der Waals surface area (Å²) >= 11 is 0. The van der Waals surface area contributed by atoms with Crippen molar-refractivity contribution in [3.8, 4) is 5.75 Å². The van der Waals surface area contributed by atoms with Crippen LogP contribution in [0.25, 0.3) is 0 Å². The Labute approximate surface area is 219 Å². The number of rotatable bonds is 11. The van der Waals surface area contributed by atoms with Crippen molar-refractivity contribution in [2.75, 3.05) is 13.2 Å². The summed E-state index contributed by atoms with van der Waals surface area (Å²) in [4.78, 5) is 40.7. The van der Waals surface area contributed by atoms with Crippen LogP contribution in [0.5, 0.6) is 5.75 Å². The van der Waals surface area contributed by atoms with E-state index in [2.05, 4.69) is 6.58 Å². The molecular weight excluding hydrogens is 470 g/mol. The first kappa shape index (κ1) is 28.0. The molecule has 7 heteroatoms. The SMILES string of the molecule is C=CCOc1ccc(C[C@H](CC(=O)[C@@H]2CCCN2C(=O)OC(C)(C)C)C(=O)OCc2ccccc2)cc1. The third-order valence-corrected chi connectivity index (χ3v) is 6.03. The van der Waals surface area contributed by atoms with Gasteiger partial charge in [-0.3, -0.25) is 14.5 Å². The standard InChI is InChI=1S/C30H37NO6/c1-5-18-35-25-15-13-22(14-16-25)19-24(28(33)36-21-23-10-7-6-8-11-23)20-27(32)26-12-9-17-31(26)29(34)37-30(2,3)4/h5-8,10-11,13-16,24,26H,1,9,12,17-21H2,2-4H3/t24-,26+/m1/s1. The van der Waals surface area contributed by atoms with Crippen LogP contribution in [0.1, 0.15) is 51.2 Å². The zero-order valence-electron chi connectivity index (χ0n) is 22.0. The lowest BCUT2D eigenvalue weighted by molar-refractivity contribution is -0.151. The van der Waals surface area contributed by atoms with Crippen LogP contribution < -0.4 is 4.74 Å². The van der Waals surface area contributed by atoms with Gasteiger partial charge in [0.2, 0.25) is 0 Å². The van der Waals surface area contributed by atoms with Crippen molar-refractivity contribution in [1.82, 2.24) is 4.90 Å². The van der Waals surface area contributed by atoms with Crippen LogP contribution >= 0.6 is 0 Å².